The van der Waals surface area contributed by atoms with E-state index in [1.807, 2.05) is 53.4 Å². The van der Waals surface area contributed by atoms with Gasteiger partial charge in [0.1, 0.15) is 17.6 Å². The van der Waals surface area contributed by atoms with E-state index in [0.717, 1.165) is 34.4 Å². The Kier molecular flexibility index (Phi) is 5.41. The number of hydrogen-bond acceptors (Lipinski definition) is 3. The van der Waals surface area contributed by atoms with Crippen LogP contribution in [0.4, 0.5) is 0 Å². The van der Waals surface area contributed by atoms with Crippen molar-refractivity contribution in [1.29, 1.82) is 0 Å². The van der Waals surface area contributed by atoms with Crippen LogP contribution >= 0.6 is 15.9 Å². The lowest BCUT2D eigenvalue weighted by molar-refractivity contribution is 0.0595. The second kappa shape index (κ2) is 7.71. The average Bonchev–Trinajstić information content (AvgIpc) is 2.62. The minimum atomic E-state index is 0.0826. The van der Waals surface area contributed by atoms with Crippen LogP contribution in [0.3, 0.4) is 0 Å². The van der Waals surface area contributed by atoms with Gasteiger partial charge in [0.15, 0.2) is 0 Å². The van der Waals surface area contributed by atoms with Gasteiger partial charge in [0, 0.05) is 36.0 Å². The topological polar surface area (TPSA) is 38.8 Å². The number of likely N-dealkylation sites (tertiary alicyclic amines) is 1. The second-order valence-corrected chi connectivity index (χ2v) is 6.71. The van der Waals surface area contributed by atoms with Crippen LogP contribution in [-0.4, -0.2) is 37.1 Å². The summed E-state index contributed by atoms with van der Waals surface area (Å²) in [6.45, 7) is 1.43. The molecule has 1 amide bonds. The molecule has 0 N–H and O–H groups in total. The van der Waals surface area contributed by atoms with Crippen molar-refractivity contribution < 1.29 is 14.3 Å². The first kappa shape index (κ1) is 16.8. The van der Waals surface area contributed by atoms with Crippen LogP contribution in [-0.2, 0) is 0 Å². The third-order valence-electron chi connectivity index (χ3n) is 4.16. The zero-order valence-electron chi connectivity index (χ0n) is 13.6. The minimum absolute atomic E-state index is 0.0826. The van der Waals surface area contributed by atoms with Gasteiger partial charge in [-0.3, -0.25) is 4.79 Å². The van der Waals surface area contributed by atoms with E-state index in [-0.39, 0.29) is 12.0 Å². The van der Waals surface area contributed by atoms with Crippen LogP contribution in [0, 0.1) is 0 Å². The number of methoxy groups -OCH3 is 1. The zero-order valence-corrected chi connectivity index (χ0v) is 15.2. The van der Waals surface area contributed by atoms with Crippen molar-refractivity contribution in [2.75, 3.05) is 20.2 Å². The molecule has 5 heteroatoms. The molecule has 126 valence electrons. The first-order chi connectivity index (χ1) is 11.7. The van der Waals surface area contributed by atoms with Crippen molar-refractivity contribution in [3.63, 3.8) is 0 Å². The van der Waals surface area contributed by atoms with Crippen molar-refractivity contribution in [2.24, 2.45) is 0 Å². The van der Waals surface area contributed by atoms with Gasteiger partial charge in [0.2, 0.25) is 0 Å². The molecule has 0 spiro atoms. The summed E-state index contributed by atoms with van der Waals surface area (Å²) >= 11 is 3.41. The molecule has 1 fully saturated rings. The maximum atomic E-state index is 12.5. The molecule has 2 aromatic carbocycles. The number of carbonyl (C=O) groups is 1. The summed E-state index contributed by atoms with van der Waals surface area (Å²) in [4.78, 5) is 14.4. The largest absolute Gasteiger partial charge is 0.497 e. The molecule has 1 saturated heterocycles. The molecule has 0 unspecified atom stereocenters. The smallest absolute Gasteiger partial charge is 0.253 e. The maximum Gasteiger partial charge on any atom is 0.253 e. The van der Waals surface area contributed by atoms with Crippen LogP contribution in [0.2, 0.25) is 0 Å². The molecule has 0 aliphatic carbocycles. The number of piperidine rings is 1. The van der Waals surface area contributed by atoms with Crippen molar-refractivity contribution in [3.8, 4) is 11.5 Å². The standard InChI is InChI=1S/C19H20BrNO3/c1-23-16-5-7-17(8-6-16)24-18-9-11-21(12-10-18)19(22)14-3-2-4-15(20)13-14/h2-8,13,18H,9-12H2,1H3. The maximum absolute atomic E-state index is 12.5. The third kappa shape index (κ3) is 4.09. The lowest BCUT2D eigenvalue weighted by Gasteiger charge is -2.32. The fourth-order valence-corrected chi connectivity index (χ4v) is 3.23. The van der Waals surface area contributed by atoms with Crippen LogP contribution in [0.5, 0.6) is 11.5 Å². The molecule has 0 bridgehead atoms. The Labute approximate surface area is 150 Å². The summed E-state index contributed by atoms with van der Waals surface area (Å²) < 4.78 is 12.1. The SMILES string of the molecule is COc1ccc(OC2CCN(C(=O)c3cccc(Br)c3)CC2)cc1. The van der Waals surface area contributed by atoms with E-state index in [9.17, 15) is 4.79 Å². The van der Waals surface area contributed by atoms with E-state index in [2.05, 4.69) is 15.9 Å². The van der Waals surface area contributed by atoms with Gasteiger partial charge >= 0.3 is 0 Å². The summed E-state index contributed by atoms with van der Waals surface area (Å²) in [5.74, 6) is 1.74. The highest BCUT2D eigenvalue weighted by molar-refractivity contribution is 9.10. The van der Waals surface area contributed by atoms with Gasteiger partial charge < -0.3 is 14.4 Å². The predicted octanol–water partition coefficient (Wildman–Crippen LogP) is 4.14. The zero-order chi connectivity index (χ0) is 16.9. The number of carbonyl (C=O) groups excluding carboxylic acids is 1. The lowest BCUT2D eigenvalue weighted by Crippen LogP contribution is -2.41. The van der Waals surface area contributed by atoms with Crippen LogP contribution in [0.25, 0.3) is 0 Å². The van der Waals surface area contributed by atoms with Gasteiger partial charge in [-0.15, -0.1) is 0 Å². The normalized spacial score (nSPS) is 15.2. The first-order valence-corrected chi connectivity index (χ1v) is 8.80. The summed E-state index contributed by atoms with van der Waals surface area (Å²) in [5.41, 5.74) is 0.721. The van der Waals surface area contributed by atoms with Crippen molar-refractivity contribution in [2.45, 2.75) is 18.9 Å². The average molecular weight is 390 g/mol. The van der Waals surface area contributed by atoms with Crippen LogP contribution < -0.4 is 9.47 Å². The number of ether oxygens (including phenoxy) is 2. The highest BCUT2D eigenvalue weighted by Gasteiger charge is 2.24. The Balaban J connectivity index is 1.54. The molecule has 0 atom stereocenters. The molecule has 1 aliphatic rings. The monoisotopic (exact) mass is 389 g/mol. The van der Waals surface area contributed by atoms with E-state index >= 15 is 0 Å². The molecule has 3 rings (SSSR count). The Morgan fingerprint density at radius 2 is 1.75 bits per heavy atom. The molecule has 1 aliphatic heterocycles. The fraction of sp³-hybridized carbons (Fsp3) is 0.316. The molecule has 2 aromatic rings. The summed E-state index contributed by atoms with van der Waals surface area (Å²) in [6.07, 6.45) is 1.82. The Morgan fingerprint density at radius 1 is 1.08 bits per heavy atom. The Bertz CT molecular complexity index is 694. The van der Waals surface area contributed by atoms with Gasteiger partial charge in [0.05, 0.1) is 7.11 Å². The quantitative estimate of drug-likeness (QED) is 0.788. The van der Waals surface area contributed by atoms with Crippen LogP contribution in [0.1, 0.15) is 23.2 Å². The Hall–Kier alpha value is -2.01. The molecular formula is C19H20BrNO3. The van der Waals surface area contributed by atoms with Crippen molar-refractivity contribution >= 4 is 21.8 Å². The number of amides is 1. The van der Waals surface area contributed by atoms with Crippen molar-refractivity contribution in [3.05, 3.63) is 58.6 Å². The molecular weight excluding hydrogens is 370 g/mol. The van der Waals surface area contributed by atoms with Gasteiger partial charge in [0.25, 0.3) is 5.91 Å². The number of benzene rings is 2. The molecule has 4 nitrogen and oxygen atoms in total. The highest BCUT2D eigenvalue weighted by Crippen LogP contribution is 2.23. The highest BCUT2D eigenvalue weighted by atomic mass is 79.9. The number of rotatable bonds is 4. The first-order valence-electron chi connectivity index (χ1n) is 8.01. The van der Waals surface area contributed by atoms with E-state index in [1.165, 1.54) is 0 Å². The van der Waals surface area contributed by atoms with Gasteiger partial charge in [-0.25, -0.2) is 0 Å². The van der Waals surface area contributed by atoms with Gasteiger partial charge in [-0.2, -0.15) is 0 Å². The van der Waals surface area contributed by atoms with Gasteiger partial charge in [-0.1, -0.05) is 22.0 Å². The van der Waals surface area contributed by atoms with E-state index < -0.39 is 0 Å². The molecule has 1 heterocycles. The molecule has 0 saturated carbocycles. The van der Waals surface area contributed by atoms with E-state index in [4.69, 9.17) is 9.47 Å². The second-order valence-electron chi connectivity index (χ2n) is 5.80. The minimum Gasteiger partial charge on any atom is -0.497 e. The molecule has 24 heavy (non-hydrogen) atoms. The third-order valence-corrected chi connectivity index (χ3v) is 4.66. The fourth-order valence-electron chi connectivity index (χ4n) is 2.83. The number of hydrogen-bond donors (Lipinski definition) is 0. The molecule has 0 radical (unpaired) electrons. The van der Waals surface area contributed by atoms with Crippen LogP contribution in [0.15, 0.2) is 53.0 Å². The molecule has 0 aromatic heterocycles. The summed E-state index contributed by atoms with van der Waals surface area (Å²) in [7, 11) is 1.65. The summed E-state index contributed by atoms with van der Waals surface area (Å²) in [6, 6.07) is 15.1. The number of halogens is 1. The number of nitrogens with zero attached hydrogens (tertiary/aromatic N) is 1. The van der Waals surface area contributed by atoms with Crippen molar-refractivity contribution in [1.82, 2.24) is 4.90 Å². The van der Waals surface area contributed by atoms with E-state index in [0.29, 0.717) is 13.1 Å². The summed E-state index contributed by atoms with van der Waals surface area (Å²) in [5, 5.41) is 0. The van der Waals surface area contributed by atoms with Gasteiger partial charge in [-0.05, 0) is 42.5 Å². The Morgan fingerprint density at radius 3 is 2.38 bits per heavy atom. The predicted molar refractivity (Wildman–Crippen MR) is 96.7 cm³/mol. The lowest BCUT2D eigenvalue weighted by atomic mass is 10.1. The van der Waals surface area contributed by atoms with E-state index in [1.54, 1.807) is 7.11 Å².